The van der Waals surface area contributed by atoms with Gasteiger partial charge in [-0.15, -0.1) is 12.4 Å². The van der Waals surface area contributed by atoms with Gasteiger partial charge in [-0.1, -0.05) is 0 Å². The zero-order valence-electron chi connectivity index (χ0n) is 13.1. The molecule has 0 aromatic heterocycles. The highest BCUT2D eigenvalue weighted by Crippen LogP contribution is 2.41. The van der Waals surface area contributed by atoms with Crippen LogP contribution in [-0.2, 0) is 4.79 Å². The van der Waals surface area contributed by atoms with E-state index in [-0.39, 0.29) is 24.2 Å². The fourth-order valence-corrected chi connectivity index (χ4v) is 4.23. The minimum Gasteiger partial charge on any atom is -0.316 e. The van der Waals surface area contributed by atoms with Crippen LogP contribution >= 0.6 is 12.4 Å². The fourth-order valence-electron chi connectivity index (χ4n) is 4.23. The topological polar surface area (TPSA) is 44.7 Å². The Morgan fingerprint density at radius 3 is 2.38 bits per heavy atom. The molecule has 1 aliphatic carbocycles. The SMILES string of the molecule is Cl.O=C(C1CC2CNCC2C1)N1N=CCC1c1cc(F)cc(F)c1. The number of hydrogen-bond acceptors (Lipinski definition) is 3. The quantitative estimate of drug-likeness (QED) is 0.886. The lowest BCUT2D eigenvalue weighted by atomic mass is 10.0. The molecule has 4 rings (SSSR count). The third-order valence-corrected chi connectivity index (χ3v) is 5.33. The highest BCUT2D eigenvalue weighted by Gasteiger charge is 2.43. The van der Waals surface area contributed by atoms with Crippen molar-refractivity contribution >= 4 is 24.5 Å². The van der Waals surface area contributed by atoms with Crippen LogP contribution in [0.3, 0.4) is 0 Å². The average molecular weight is 356 g/mol. The van der Waals surface area contributed by atoms with Crippen molar-refractivity contribution in [1.29, 1.82) is 0 Å². The van der Waals surface area contributed by atoms with E-state index in [0.717, 1.165) is 32.0 Å². The van der Waals surface area contributed by atoms with E-state index in [1.807, 2.05) is 0 Å². The second kappa shape index (κ2) is 6.76. The summed E-state index contributed by atoms with van der Waals surface area (Å²) in [5.41, 5.74) is 0.466. The van der Waals surface area contributed by atoms with Gasteiger partial charge in [-0.05, 0) is 55.5 Å². The summed E-state index contributed by atoms with van der Waals surface area (Å²) in [5, 5.41) is 8.99. The van der Waals surface area contributed by atoms with Gasteiger partial charge in [-0.25, -0.2) is 13.8 Å². The lowest BCUT2D eigenvalue weighted by molar-refractivity contribution is -0.137. The number of carbonyl (C=O) groups is 1. The Hall–Kier alpha value is -1.53. The molecule has 0 radical (unpaired) electrons. The van der Waals surface area contributed by atoms with Crippen molar-refractivity contribution < 1.29 is 13.6 Å². The molecule has 3 atom stereocenters. The van der Waals surface area contributed by atoms with Crippen LogP contribution in [0, 0.1) is 29.4 Å². The summed E-state index contributed by atoms with van der Waals surface area (Å²) in [6.07, 6.45) is 3.91. The van der Waals surface area contributed by atoms with Crippen LogP contribution in [0.2, 0.25) is 0 Å². The first-order chi connectivity index (χ1) is 11.1. The van der Waals surface area contributed by atoms with E-state index in [4.69, 9.17) is 0 Å². The second-order valence-electron chi connectivity index (χ2n) is 6.78. The molecule has 1 amide bonds. The maximum atomic E-state index is 13.5. The maximum Gasteiger partial charge on any atom is 0.246 e. The first-order valence-electron chi connectivity index (χ1n) is 8.14. The third kappa shape index (κ3) is 3.05. The summed E-state index contributed by atoms with van der Waals surface area (Å²) < 4.78 is 27.0. The van der Waals surface area contributed by atoms with Gasteiger partial charge < -0.3 is 5.32 Å². The molecule has 1 saturated carbocycles. The molecule has 3 aliphatic rings. The van der Waals surface area contributed by atoms with Crippen molar-refractivity contribution in [2.75, 3.05) is 13.1 Å². The highest BCUT2D eigenvalue weighted by molar-refractivity contribution is 5.85. The average Bonchev–Trinajstić information content (AvgIpc) is 3.20. The summed E-state index contributed by atoms with van der Waals surface area (Å²) in [4.78, 5) is 12.8. The van der Waals surface area contributed by atoms with Crippen LogP contribution in [0.5, 0.6) is 0 Å². The zero-order chi connectivity index (χ0) is 16.0. The van der Waals surface area contributed by atoms with E-state index >= 15 is 0 Å². The van der Waals surface area contributed by atoms with Crippen molar-refractivity contribution in [3.05, 3.63) is 35.4 Å². The molecular weight excluding hydrogens is 336 g/mol. The Bertz CT molecular complexity index is 637. The minimum absolute atomic E-state index is 0. The van der Waals surface area contributed by atoms with Crippen LogP contribution in [0.1, 0.15) is 30.9 Å². The number of rotatable bonds is 2. The van der Waals surface area contributed by atoms with E-state index in [1.54, 1.807) is 6.21 Å². The molecule has 130 valence electrons. The van der Waals surface area contributed by atoms with E-state index in [2.05, 4.69) is 10.4 Å². The first-order valence-corrected chi connectivity index (χ1v) is 8.14. The maximum absolute atomic E-state index is 13.5. The largest absolute Gasteiger partial charge is 0.316 e. The lowest BCUT2D eigenvalue weighted by Crippen LogP contribution is -2.33. The van der Waals surface area contributed by atoms with E-state index in [1.165, 1.54) is 17.1 Å². The Kier molecular flexibility index (Phi) is 4.88. The number of nitrogens with one attached hydrogen (secondary N) is 1. The molecule has 4 nitrogen and oxygen atoms in total. The Morgan fingerprint density at radius 1 is 1.12 bits per heavy atom. The Labute approximate surface area is 145 Å². The molecule has 0 bridgehead atoms. The van der Waals surface area contributed by atoms with Gasteiger partial charge in [0.05, 0.1) is 6.04 Å². The molecule has 2 aliphatic heterocycles. The van der Waals surface area contributed by atoms with Crippen molar-refractivity contribution in [3.63, 3.8) is 0 Å². The molecule has 0 spiro atoms. The van der Waals surface area contributed by atoms with E-state index in [9.17, 15) is 13.6 Å². The minimum atomic E-state index is -0.624. The molecule has 1 aromatic rings. The fraction of sp³-hybridized carbons (Fsp3) is 0.529. The predicted octanol–water partition coefficient (Wildman–Crippen LogP) is 2.89. The normalized spacial score (nSPS) is 31.2. The molecule has 24 heavy (non-hydrogen) atoms. The van der Waals surface area contributed by atoms with Gasteiger partial charge in [0, 0.05) is 24.6 Å². The molecule has 1 N–H and O–H groups in total. The molecule has 1 saturated heterocycles. The van der Waals surface area contributed by atoms with Crippen LogP contribution in [0.15, 0.2) is 23.3 Å². The number of carbonyl (C=O) groups excluding carboxylic acids is 1. The van der Waals surface area contributed by atoms with Crippen LogP contribution in [0.4, 0.5) is 8.78 Å². The van der Waals surface area contributed by atoms with Gasteiger partial charge in [0.1, 0.15) is 11.6 Å². The second-order valence-corrected chi connectivity index (χ2v) is 6.78. The predicted molar refractivity (Wildman–Crippen MR) is 88.9 cm³/mol. The van der Waals surface area contributed by atoms with Crippen LogP contribution in [-0.4, -0.2) is 30.2 Å². The Morgan fingerprint density at radius 2 is 1.75 bits per heavy atom. The number of benzene rings is 1. The number of hydrazone groups is 1. The number of fused-ring (bicyclic) bond motifs is 1. The summed E-state index contributed by atoms with van der Waals surface area (Å²) in [6, 6.07) is 3.02. The van der Waals surface area contributed by atoms with Crippen LogP contribution < -0.4 is 5.32 Å². The van der Waals surface area contributed by atoms with Crippen molar-refractivity contribution in [1.82, 2.24) is 10.3 Å². The Balaban J connectivity index is 0.00000169. The van der Waals surface area contributed by atoms with Gasteiger partial charge in [-0.2, -0.15) is 5.10 Å². The number of halogens is 3. The summed E-state index contributed by atoms with van der Waals surface area (Å²) in [5.74, 6) is -0.145. The highest BCUT2D eigenvalue weighted by atomic mass is 35.5. The van der Waals surface area contributed by atoms with E-state index in [0.29, 0.717) is 23.8 Å². The van der Waals surface area contributed by atoms with Crippen molar-refractivity contribution in [3.8, 4) is 0 Å². The number of nitrogens with zero attached hydrogens (tertiary/aromatic N) is 2. The molecular formula is C17H20ClF2N3O. The first kappa shape index (κ1) is 17.3. The van der Waals surface area contributed by atoms with Gasteiger partial charge in [0.25, 0.3) is 0 Å². The molecule has 7 heteroatoms. The molecule has 1 aromatic carbocycles. The summed E-state index contributed by atoms with van der Waals surface area (Å²) >= 11 is 0. The third-order valence-electron chi connectivity index (χ3n) is 5.33. The number of amides is 1. The van der Waals surface area contributed by atoms with E-state index < -0.39 is 17.7 Å². The smallest absolute Gasteiger partial charge is 0.246 e. The van der Waals surface area contributed by atoms with Crippen LogP contribution in [0.25, 0.3) is 0 Å². The number of hydrogen-bond donors (Lipinski definition) is 1. The van der Waals surface area contributed by atoms with Gasteiger partial charge >= 0.3 is 0 Å². The zero-order valence-corrected chi connectivity index (χ0v) is 13.9. The summed E-state index contributed by atoms with van der Waals surface area (Å²) in [7, 11) is 0. The van der Waals surface area contributed by atoms with Gasteiger partial charge in [0.15, 0.2) is 0 Å². The molecule has 2 heterocycles. The molecule has 3 unspecified atom stereocenters. The standard InChI is InChI=1S/C17H19F2N3O.ClH/c18-14-5-10(6-15(19)7-14)16-1-2-21-22(16)17(23)11-3-12-8-20-9-13(12)4-11;/h2,5-7,11-13,16,20H,1,3-4,8-9H2;1H. The van der Waals surface area contributed by atoms with Crippen molar-refractivity contribution in [2.24, 2.45) is 22.9 Å². The van der Waals surface area contributed by atoms with Gasteiger partial charge in [0.2, 0.25) is 5.91 Å². The van der Waals surface area contributed by atoms with Crippen molar-refractivity contribution in [2.45, 2.75) is 25.3 Å². The lowest BCUT2D eigenvalue weighted by Gasteiger charge is -2.25. The monoisotopic (exact) mass is 355 g/mol. The summed E-state index contributed by atoms with van der Waals surface area (Å²) in [6.45, 7) is 1.96. The van der Waals surface area contributed by atoms with Gasteiger partial charge in [-0.3, -0.25) is 4.79 Å². The molecule has 2 fully saturated rings.